The van der Waals surface area contributed by atoms with Gasteiger partial charge in [0.2, 0.25) is 10.0 Å². The Morgan fingerprint density at radius 3 is 2.56 bits per heavy atom. The molecule has 1 atom stereocenters. The van der Waals surface area contributed by atoms with Crippen molar-refractivity contribution >= 4 is 15.9 Å². The molecule has 6 heteroatoms. The fraction of sp³-hybridized carbons (Fsp3) is 0.900. The highest BCUT2D eigenvalue weighted by Gasteiger charge is 2.40. The molecule has 1 aliphatic rings. The van der Waals surface area contributed by atoms with Crippen LogP contribution in [-0.2, 0) is 14.8 Å². The first kappa shape index (κ1) is 13.4. The maximum Gasteiger partial charge on any atom is 0.253 e. The molecule has 0 radical (unpaired) electrons. The minimum absolute atomic E-state index is 0.00145. The Morgan fingerprint density at radius 2 is 2.12 bits per heavy atom. The van der Waals surface area contributed by atoms with Crippen LogP contribution in [0, 0.1) is 0 Å². The number of hydrogen-bond donors (Lipinski definition) is 2. The molecular formula is C10H20N2O3S. The van der Waals surface area contributed by atoms with E-state index in [9.17, 15) is 13.2 Å². The zero-order valence-electron chi connectivity index (χ0n) is 9.88. The molecular weight excluding hydrogens is 228 g/mol. The number of hydrogen-bond acceptors (Lipinski definition) is 4. The quantitative estimate of drug-likeness (QED) is 0.737. The molecule has 0 bridgehead atoms. The fourth-order valence-corrected chi connectivity index (χ4v) is 3.14. The Hall–Kier alpha value is -0.620. The zero-order chi connectivity index (χ0) is 12.2. The van der Waals surface area contributed by atoms with Crippen molar-refractivity contribution < 1.29 is 13.2 Å². The number of nitrogens with one attached hydrogen (secondary N) is 2. The summed E-state index contributed by atoms with van der Waals surface area (Å²) >= 11 is 0. The van der Waals surface area contributed by atoms with E-state index in [1.54, 1.807) is 6.92 Å². The second-order valence-electron chi connectivity index (χ2n) is 4.22. The van der Waals surface area contributed by atoms with E-state index in [1.165, 1.54) is 0 Å². The average molecular weight is 248 g/mol. The van der Waals surface area contributed by atoms with Crippen LogP contribution in [-0.4, -0.2) is 32.2 Å². The van der Waals surface area contributed by atoms with Gasteiger partial charge in [-0.05, 0) is 32.2 Å². The summed E-state index contributed by atoms with van der Waals surface area (Å²) in [7, 11) is -3.46. The molecule has 0 aromatic carbocycles. The van der Waals surface area contributed by atoms with E-state index in [1.807, 2.05) is 6.92 Å². The zero-order valence-corrected chi connectivity index (χ0v) is 10.7. The van der Waals surface area contributed by atoms with E-state index < -0.39 is 21.5 Å². The summed E-state index contributed by atoms with van der Waals surface area (Å²) in [5, 5.41) is 3.11. The predicted molar refractivity (Wildman–Crippen MR) is 62.5 cm³/mol. The van der Waals surface area contributed by atoms with E-state index >= 15 is 0 Å². The van der Waals surface area contributed by atoms with Gasteiger partial charge in [-0.2, -0.15) is 0 Å². The smallest absolute Gasteiger partial charge is 0.253 e. The van der Waals surface area contributed by atoms with E-state index in [2.05, 4.69) is 10.0 Å². The summed E-state index contributed by atoms with van der Waals surface area (Å²) in [5.74, 6) is -0.403. The molecule has 1 fully saturated rings. The van der Waals surface area contributed by atoms with Crippen molar-refractivity contribution in [2.45, 2.75) is 45.1 Å². The molecule has 1 unspecified atom stereocenters. The van der Waals surface area contributed by atoms with Crippen molar-refractivity contribution in [2.24, 2.45) is 0 Å². The monoisotopic (exact) mass is 248 g/mol. The van der Waals surface area contributed by atoms with E-state index in [4.69, 9.17) is 0 Å². The number of carbonyl (C=O) groups excluding carboxylic acids is 1. The maximum atomic E-state index is 11.9. The SMILES string of the molecule is CCCS(=O)(=O)NC(=O)C1(CC)CCCN1. The van der Waals surface area contributed by atoms with Crippen LogP contribution in [0.15, 0.2) is 0 Å². The molecule has 16 heavy (non-hydrogen) atoms. The normalized spacial score (nSPS) is 25.6. The van der Waals surface area contributed by atoms with Crippen molar-refractivity contribution in [1.29, 1.82) is 0 Å². The third-order valence-corrected chi connectivity index (χ3v) is 4.45. The van der Waals surface area contributed by atoms with Gasteiger partial charge in [0, 0.05) is 0 Å². The topological polar surface area (TPSA) is 75.3 Å². The van der Waals surface area contributed by atoms with Gasteiger partial charge in [-0.3, -0.25) is 9.52 Å². The first-order valence-electron chi connectivity index (χ1n) is 5.76. The van der Waals surface area contributed by atoms with Crippen LogP contribution < -0.4 is 10.0 Å². The summed E-state index contributed by atoms with van der Waals surface area (Å²) in [6, 6.07) is 0. The Bertz CT molecular complexity index is 345. The summed E-state index contributed by atoms with van der Waals surface area (Å²) in [6.07, 6.45) is 2.74. The van der Waals surface area contributed by atoms with Crippen LogP contribution in [0.25, 0.3) is 0 Å². The van der Waals surface area contributed by atoms with Crippen LogP contribution in [0.5, 0.6) is 0 Å². The highest BCUT2D eigenvalue weighted by molar-refractivity contribution is 7.90. The molecule has 2 N–H and O–H groups in total. The molecule has 0 spiro atoms. The minimum Gasteiger partial charge on any atom is -0.303 e. The van der Waals surface area contributed by atoms with Crippen molar-refractivity contribution in [2.75, 3.05) is 12.3 Å². The molecule has 1 rings (SSSR count). The first-order chi connectivity index (χ1) is 7.46. The van der Waals surface area contributed by atoms with Gasteiger partial charge in [0.05, 0.1) is 11.3 Å². The lowest BCUT2D eigenvalue weighted by molar-refractivity contribution is -0.125. The van der Waals surface area contributed by atoms with Crippen molar-refractivity contribution in [3.63, 3.8) is 0 Å². The molecule has 0 aromatic rings. The standard InChI is InChI=1S/C10H20N2O3S/c1-3-8-16(14,15)12-9(13)10(4-2)6-5-7-11-10/h11H,3-8H2,1-2H3,(H,12,13). The molecule has 94 valence electrons. The van der Waals surface area contributed by atoms with E-state index in [0.717, 1.165) is 13.0 Å². The summed E-state index contributed by atoms with van der Waals surface area (Å²) in [5.41, 5.74) is -0.680. The van der Waals surface area contributed by atoms with Crippen LogP contribution in [0.1, 0.15) is 39.5 Å². The van der Waals surface area contributed by atoms with Gasteiger partial charge in [-0.15, -0.1) is 0 Å². The van der Waals surface area contributed by atoms with Crippen molar-refractivity contribution in [3.8, 4) is 0 Å². The Morgan fingerprint density at radius 1 is 1.44 bits per heavy atom. The van der Waals surface area contributed by atoms with E-state index in [-0.39, 0.29) is 5.75 Å². The number of rotatable bonds is 5. The summed E-state index contributed by atoms with van der Waals surface area (Å²) in [6.45, 7) is 4.44. The minimum atomic E-state index is -3.46. The predicted octanol–water partition coefficient (Wildman–Crippen LogP) is 0.375. The van der Waals surface area contributed by atoms with Gasteiger partial charge < -0.3 is 5.32 Å². The molecule has 1 aliphatic heterocycles. The number of amides is 1. The summed E-state index contributed by atoms with van der Waals surface area (Å²) in [4.78, 5) is 11.9. The van der Waals surface area contributed by atoms with Gasteiger partial charge >= 0.3 is 0 Å². The van der Waals surface area contributed by atoms with Crippen LogP contribution in [0.4, 0.5) is 0 Å². The lowest BCUT2D eigenvalue weighted by atomic mass is 9.94. The Balaban J connectivity index is 2.71. The third kappa shape index (κ3) is 2.95. The second-order valence-corrected chi connectivity index (χ2v) is 6.06. The van der Waals surface area contributed by atoms with Crippen molar-refractivity contribution in [1.82, 2.24) is 10.0 Å². The lowest BCUT2D eigenvalue weighted by Gasteiger charge is -2.26. The van der Waals surface area contributed by atoms with Gasteiger partial charge in [0.15, 0.2) is 0 Å². The molecule has 1 heterocycles. The van der Waals surface area contributed by atoms with Crippen molar-refractivity contribution in [3.05, 3.63) is 0 Å². The Kier molecular flexibility index (Phi) is 4.32. The largest absolute Gasteiger partial charge is 0.303 e. The van der Waals surface area contributed by atoms with Gasteiger partial charge in [-0.25, -0.2) is 8.42 Å². The molecule has 0 aromatic heterocycles. The first-order valence-corrected chi connectivity index (χ1v) is 7.41. The van der Waals surface area contributed by atoms with Gasteiger partial charge in [0.25, 0.3) is 5.91 Å². The number of sulfonamides is 1. The maximum absolute atomic E-state index is 11.9. The van der Waals surface area contributed by atoms with Gasteiger partial charge in [0.1, 0.15) is 0 Å². The number of carbonyl (C=O) groups is 1. The van der Waals surface area contributed by atoms with Crippen LogP contribution >= 0.6 is 0 Å². The van der Waals surface area contributed by atoms with Gasteiger partial charge in [-0.1, -0.05) is 13.8 Å². The highest BCUT2D eigenvalue weighted by atomic mass is 32.2. The molecule has 0 aliphatic carbocycles. The van der Waals surface area contributed by atoms with Crippen LogP contribution in [0.3, 0.4) is 0 Å². The van der Waals surface area contributed by atoms with Crippen LogP contribution in [0.2, 0.25) is 0 Å². The second kappa shape index (κ2) is 5.14. The highest BCUT2D eigenvalue weighted by Crippen LogP contribution is 2.23. The van der Waals surface area contributed by atoms with E-state index in [0.29, 0.717) is 19.3 Å². The third-order valence-electron chi connectivity index (χ3n) is 3.00. The molecule has 1 saturated heterocycles. The molecule has 0 saturated carbocycles. The summed E-state index contributed by atoms with van der Waals surface area (Å²) < 4.78 is 25.2. The Labute approximate surface area is 97.0 Å². The average Bonchev–Trinajstić information content (AvgIpc) is 2.66. The molecule has 5 nitrogen and oxygen atoms in total. The lowest BCUT2D eigenvalue weighted by Crippen LogP contribution is -2.54. The fourth-order valence-electron chi connectivity index (χ4n) is 2.02. The molecule has 1 amide bonds.